The molecule has 216 valence electrons. The van der Waals surface area contributed by atoms with Gasteiger partial charge in [0.15, 0.2) is 10.8 Å². The third kappa shape index (κ3) is 4.30. The van der Waals surface area contributed by atoms with Gasteiger partial charge in [-0.1, -0.05) is 23.7 Å². The fourth-order valence-corrected chi connectivity index (χ4v) is 6.31. The lowest BCUT2D eigenvalue weighted by Crippen LogP contribution is -2.43. The molecule has 15 heteroatoms. The highest BCUT2D eigenvalue weighted by molar-refractivity contribution is 7.90. The molecule has 2 aliphatic rings. The normalized spacial score (nSPS) is 25.7. The number of hydrogen-bond acceptors (Lipinski definition) is 6. The quantitative estimate of drug-likeness (QED) is 0.311. The maximum Gasteiger partial charge on any atom is 0.401 e. The predicted octanol–water partition coefficient (Wildman–Crippen LogP) is 4.64. The van der Waals surface area contributed by atoms with Crippen LogP contribution in [-0.2, 0) is 20.0 Å². The van der Waals surface area contributed by atoms with Gasteiger partial charge in [0.05, 0.1) is 29.2 Å². The molecule has 0 unspecified atom stereocenters. The lowest BCUT2D eigenvalue weighted by atomic mass is 9.87. The highest BCUT2D eigenvalue weighted by Crippen LogP contribution is 2.71. The summed E-state index contributed by atoms with van der Waals surface area (Å²) >= 11 is 5.94. The molecular formula is C25H25ClF5N5O3S. The molecule has 1 aliphatic carbocycles. The minimum Gasteiger partial charge on any atom is -0.355 e. The predicted molar refractivity (Wildman–Crippen MR) is 138 cm³/mol. The van der Waals surface area contributed by atoms with Crippen molar-refractivity contribution in [1.29, 1.82) is 0 Å². The summed E-state index contributed by atoms with van der Waals surface area (Å²) in [6.07, 6.45) is -2.23. The first-order chi connectivity index (χ1) is 18.4. The minimum absolute atomic E-state index is 0.0129. The molecule has 40 heavy (non-hydrogen) atoms. The number of hydrogen-bond donors (Lipinski definition) is 1. The monoisotopic (exact) mass is 605 g/mol. The Balaban J connectivity index is 1.41. The van der Waals surface area contributed by atoms with Gasteiger partial charge in [0.1, 0.15) is 20.7 Å². The average molecular weight is 606 g/mol. The van der Waals surface area contributed by atoms with Crippen LogP contribution in [0.2, 0.25) is 5.15 Å². The van der Waals surface area contributed by atoms with E-state index in [0.717, 1.165) is 24.6 Å². The Morgan fingerprint density at radius 2 is 1.85 bits per heavy atom. The fourth-order valence-electron chi connectivity index (χ4n) is 5.46. The molecule has 0 spiro atoms. The van der Waals surface area contributed by atoms with Crippen molar-refractivity contribution in [2.24, 2.45) is 5.41 Å². The Morgan fingerprint density at radius 3 is 2.45 bits per heavy atom. The van der Waals surface area contributed by atoms with E-state index in [1.807, 2.05) is 0 Å². The smallest absolute Gasteiger partial charge is 0.355 e. The summed E-state index contributed by atoms with van der Waals surface area (Å²) < 4.78 is 96.6. The second-order valence-electron chi connectivity index (χ2n) is 10.7. The van der Waals surface area contributed by atoms with Gasteiger partial charge in [-0.3, -0.25) is 4.79 Å². The number of nitrogens with zero attached hydrogens (tertiary/aromatic N) is 4. The average Bonchev–Trinajstić information content (AvgIpc) is 3.12. The van der Waals surface area contributed by atoms with Crippen molar-refractivity contribution in [3.05, 3.63) is 52.9 Å². The van der Waals surface area contributed by atoms with E-state index < -0.39 is 51.1 Å². The van der Waals surface area contributed by atoms with Crippen LogP contribution in [-0.4, -0.2) is 66.1 Å². The Hall–Kier alpha value is -3.00. The number of benzene rings is 1. The van der Waals surface area contributed by atoms with E-state index in [1.165, 1.54) is 41.4 Å². The van der Waals surface area contributed by atoms with Gasteiger partial charge in [-0.15, -0.1) is 0 Å². The second-order valence-corrected chi connectivity index (χ2v) is 13.4. The van der Waals surface area contributed by atoms with Crippen molar-refractivity contribution in [2.45, 2.75) is 43.7 Å². The summed E-state index contributed by atoms with van der Waals surface area (Å²) in [6, 6.07) is 6.96. The molecule has 1 aliphatic heterocycles. The zero-order valence-electron chi connectivity index (χ0n) is 21.6. The Bertz CT molecular complexity index is 1610. The van der Waals surface area contributed by atoms with Gasteiger partial charge in [-0.05, 0) is 38.0 Å². The summed E-state index contributed by atoms with van der Waals surface area (Å²) in [5, 5.41) is 6.38. The number of halogens is 6. The highest BCUT2D eigenvalue weighted by atomic mass is 35.5. The van der Waals surface area contributed by atoms with Crippen LogP contribution in [0.15, 0.2) is 36.5 Å². The molecule has 3 aromatic rings. The number of aromatic nitrogens is 3. The fraction of sp³-hybridized carbons (Fsp3) is 0.480. The molecular weight excluding hydrogens is 581 g/mol. The Kier molecular flexibility index (Phi) is 6.42. The lowest BCUT2D eigenvalue weighted by molar-refractivity contribution is -0.181. The van der Waals surface area contributed by atoms with Gasteiger partial charge >= 0.3 is 6.18 Å². The van der Waals surface area contributed by atoms with Crippen molar-refractivity contribution in [3.63, 3.8) is 0 Å². The zero-order chi connectivity index (χ0) is 29.5. The van der Waals surface area contributed by atoms with Crippen molar-refractivity contribution < 1.29 is 35.2 Å². The number of rotatable bonds is 7. The maximum absolute atomic E-state index is 14.9. The van der Waals surface area contributed by atoms with Crippen molar-refractivity contribution in [2.75, 3.05) is 30.0 Å². The number of alkyl halides is 5. The summed E-state index contributed by atoms with van der Waals surface area (Å²) in [7, 11) is -3.25. The molecule has 8 nitrogen and oxygen atoms in total. The molecule has 1 aromatic carbocycles. The summed E-state index contributed by atoms with van der Waals surface area (Å²) in [6.45, 7) is 1.62. The zero-order valence-corrected chi connectivity index (χ0v) is 23.1. The van der Waals surface area contributed by atoms with Crippen molar-refractivity contribution in [1.82, 2.24) is 19.9 Å². The Morgan fingerprint density at radius 1 is 1.20 bits per heavy atom. The first kappa shape index (κ1) is 28.5. The molecule has 0 saturated heterocycles. The van der Waals surface area contributed by atoms with Gasteiger partial charge in [0.2, 0.25) is 5.91 Å². The van der Waals surface area contributed by atoms with E-state index in [9.17, 15) is 35.2 Å². The van der Waals surface area contributed by atoms with Crippen LogP contribution in [0.5, 0.6) is 0 Å². The standard InChI is InChI=1S/C25H25ClF5N5O3S/c1-22(25(29,30)31)13-35(16-12-33-18-11-17(26)34-36(18)20(16)22)15-7-5-14(6-8-15)19-23(2,24(19,27)28)21(37)32-9-4-10-40(3,38)39/h5-8,11-12,19H,4,9-10,13H2,1-3H3,(H,32,37)/t19-,22-,23+/m1/s1. The summed E-state index contributed by atoms with van der Waals surface area (Å²) in [4.78, 5) is 18.2. The molecule has 1 saturated carbocycles. The molecule has 1 fully saturated rings. The molecule has 3 atom stereocenters. The van der Waals surface area contributed by atoms with Gasteiger partial charge < -0.3 is 10.2 Å². The third-order valence-corrected chi connectivity index (χ3v) is 9.10. The molecule has 5 rings (SSSR count). The van der Waals surface area contributed by atoms with Crippen molar-refractivity contribution >= 4 is 44.4 Å². The lowest BCUT2D eigenvalue weighted by Gasteiger charge is -2.28. The SMILES string of the molecule is C[C@@]1(C(F)(F)F)CN(c2ccc([C@H]3C(F)(F)[C@]3(C)C(=O)NCCCS(C)(=O)=O)cc2)c2cnc3cc(Cl)nn3c21. The number of amides is 1. The van der Waals surface area contributed by atoms with Crippen LogP contribution in [0, 0.1) is 5.41 Å². The molecule has 1 N–H and O–H groups in total. The van der Waals surface area contributed by atoms with Crippen LogP contribution >= 0.6 is 11.6 Å². The molecule has 3 heterocycles. The van der Waals surface area contributed by atoms with E-state index in [2.05, 4.69) is 15.4 Å². The number of fused-ring (bicyclic) bond motifs is 3. The maximum atomic E-state index is 14.9. The van der Waals surface area contributed by atoms with Gasteiger partial charge in [-0.2, -0.15) is 18.3 Å². The molecule has 0 radical (unpaired) electrons. The van der Waals surface area contributed by atoms with Gasteiger partial charge in [0.25, 0.3) is 5.92 Å². The van der Waals surface area contributed by atoms with Crippen LogP contribution in [0.25, 0.3) is 5.65 Å². The first-order valence-electron chi connectivity index (χ1n) is 12.2. The van der Waals surface area contributed by atoms with E-state index in [4.69, 9.17) is 11.6 Å². The second kappa shape index (κ2) is 9.00. The van der Waals surface area contributed by atoms with E-state index >= 15 is 0 Å². The number of anilines is 2. The van der Waals surface area contributed by atoms with E-state index in [-0.39, 0.29) is 46.5 Å². The molecule has 2 aromatic heterocycles. The van der Waals surface area contributed by atoms with Gasteiger partial charge in [0, 0.05) is 31.1 Å². The largest absolute Gasteiger partial charge is 0.401 e. The van der Waals surface area contributed by atoms with Crippen LogP contribution < -0.4 is 10.2 Å². The molecule has 1 amide bonds. The first-order valence-corrected chi connectivity index (χ1v) is 14.7. The Labute approximate surface area is 231 Å². The highest BCUT2D eigenvalue weighted by Gasteiger charge is 2.82. The van der Waals surface area contributed by atoms with Crippen molar-refractivity contribution in [3.8, 4) is 0 Å². The third-order valence-electron chi connectivity index (χ3n) is 7.88. The number of sulfone groups is 1. The number of carbonyl (C=O) groups is 1. The van der Waals surface area contributed by atoms with Gasteiger partial charge in [-0.25, -0.2) is 26.7 Å². The van der Waals surface area contributed by atoms with Crippen LogP contribution in [0.4, 0.5) is 33.3 Å². The van der Waals surface area contributed by atoms with Crippen LogP contribution in [0.1, 0.15) is 37.4 Å². The topological polar surface area (TPSA) is 96.7 Å². The molecule has 0 bridgehead atoms. The van der Waals surface area contributed by atoms with Crippen LogP contribution in [0.3, 0.4) is 0 Å². The number of carbonyl (C=O) groups excluding carboxylic acids is 1. The summed E-state index contributed by atoms with van der Waals surface area (Å²) in [5.74, 6) is -5.92. The summed E-state index contributed by atoms with van der Waals surface area (Å²) in [5.41, 5.74) is -3.77. The van der Waals surface area contributed by atoms with E-state index in [0.29, 0.717) is 5.69 Å². The van der Waals surface area contributed by atoms with E-state index in [1.54, 1.807) is 0 Å². The number of nitrogens with one attached hydrogen (secondary N) is 1. The minimum atomic E-state index is -4.66.